The molecule has 0 fully saturated rings. The highest BCUT2D eigenvalue weighted by atomic mass is 16.5. The molecule has 0 saturated heterocycles. The molecule has 0 aromatic heterocycles. The summed E-state index contributed by atoms with van der Waals surface area (Å²) < 4.78 is 5.22. The van der Waals surface area contributed by atoms with Crippen LogP contribution in [-0.4, -0.2) is 33.8 Å². The molecule has 0 radical (unpaired) electrons. The number of amides is 1. The first-order chi connectivity index (χ1) is 15.6. The Kier molecular flexibility index (Phi) is 7.36. The van der Waals surface area contributed by atoms with Crippen LogP contribution in [0.25, 0.3) is 0 Å². The van der Waals surface area contributed by atoms with Crippen LogP contribution in [0.1, 0.15) is 67.2 Å². The second-order valence-electron chi connectivity index (χ2n) is 9.18. The van der Waals surface area contributed by atoms with Gasteiger partial charge in [0.15, 0.2) is 11.5 Å². The predicted octanol–water partition coefficient (Wildman–Crippen LogP) is 5.07. The van der Waals surface area contributed by atoms with E-state index in [1.54, 1.807) is 38.1 Å². The van der Waals surface area contributed by atoms with E-state index in [-0.39, 0.29) is 36.3 Å². The number of Topliss-reactive ketones (excluding diaryl/α,β-unsaturated/α-hetero) is 1. The number of aliphatic hydroxyl groups excluding tert-OH is 1. The third kappa shape index (κ3) is 5.51. The summed E-state index contributed by atoms with van der Waals surface area (Å²) in [6, 6.07) is 13.8. The first-order valence-corrected chi connectivity index (χ1v) is 11.2. The zero-order valence-corrected chi connectivity index (χ0v) is 19.8. The van der Waals surface area contributed by atoms with Crippen LogP contribution in [0.15, 0.2) is 59.9 Å². The summed E-state index contributed by atoms with van der Waals surface area (Å²) in [6.07, 6.45) is 0.0282. The Morgan fingerprint density at radius 1 is 1.06 bits per heavy atom. The summed E-state index contributed by atoms with van der Waals surface area (Å²) in [6.45, 7) is 9.55. The zero-order valence-electron chi connectivity index (χ0n) is 19.8. The van der Waals surface area contributed by atoms with Gasteiger partial charge in [-0.15, -0.1) is 0 Å². The van der Waals surface area contributed by atoms with Gasteiger partial charge in [0.2, 0.25) is 0 Å². The lowest BCUT2D eigenvalue weighted by Gasteiger charge is -2.27. The Hall–Kier alpha value is -3.41. The molecule has 6 nitrogen and oxygen atoms in total. The smallest absolute Gasteiger partial charge is 0.338 e. The second kappa shape index (κ2) is 10.0. The minimum absolute atomic E-state index is 0.0956. The van der Waals surface area contributed by atoms with Crippen molar-refractivity contribution in [3.63, 3.8) is 0 Å². The highest BCUT2D eigenvalue weighted by molar-refractivity contribution is 6.09. The Labute approximate surface area is 194 Å². The van der Waals surface area contributed by atoms with Crippen molar-refractivity contribution in [1.29, 1.82) is 0 Å². The number of rotatable bonds is 8. The van der Waals surface area contributed by atoms with Crippen LogP contribution in [0.2, 0.25) is 0 Å². The van der Waals surface area contributed by atoms with Gasteiger partial charge in [-0.3, -0.25) is 9.59 Å². The van der Waals surface area contributed by atoms with Gasteiger partial charge in [0, 0.05) is 13.0 Å². The van der Waals surface area contributed by atoms with Crippen LogP contribution in [0.4, 0.5) is 0 Å². The molecule has 2 aromatic carbocycles. The van der Waals surface area contributed by atoms with Gasteiger partial charge in [-0.05, 0) is 49.9 Å². The van der Waals surface area contributed by atoms with Gasteiger partial charge >= 0.3 is 5.97 Å². The van der Waals surface area contributed by atoms with Gasteiger partial charge < -0.3 is 14.7 Å². The van der Waals surface area contributed by atoms with Gasteiger partial charge in [0.25, 0.3) is 5.91 Å². The van der Waals surface area contributed by atoms with Crippen molar-refractivity contribution in [3.8, 4) is 0 Å². The molecule has 0 bridgehead atoms. The maximum atomic E-state index is 13.1. The molecular weight excluding hydrogens is 418 g/mol. The Balaban J connectivity index is 1.94. The third-order valence-corrected chi connectivity index (χ3v) is 5.44. The van der Waals surface area contributed by atoms with Crippen molar-refractivity contribution >= 4 is 17.7 Å². The highest BCUT2D eigenvalue weighted by Crippen LogP contribution is 2.39. The first kappa shape index (κ1) is 24.2. The van der Waals surface area contributed by atoms with Crippen molar-refractivity contribution in [2.75, 3.05) is 0 Å². The fourth-order valence-corrected chi connectivity index (χ4v) is 3.99. The van der Waals surface area contributed by atoms with Gasteiger partial charge in [-0.25, -0.2) is 4.79 Å². The molecule has 3 rings (SSSR count). The van der Waals surface area contributed by atoms with E-state index in [1.165, 1.54) is 4.90 Å². The van der Waals surface area contributed by atoms with E-state index in [2.05, 4.69) is 0 Å². The van der Waals surface area contributed by atoms with E-state index in [1.807, 2.05) is 45.0 Å². The van der Waals surface area contributed by atoms with E-state index >= 15 is 0 Å². The molecule has 1 aliphatic rings. The molecule has 1 N–H and O–H groups in total. The first-order valence-electron chi connectivity index (χ1n) is 11.2. The second-order valence-corrected chi connectivity index (χ2v) is 9.18. The number of ether oxygens (including phenoxy) is 1. The largest absolute Gasteiger partial charge is 0.503 e. The van der Waals surface area contributed by atoms with E-state index < -0.39 is 23.7 Å². The van der Waals surface area contributed by atoms with Crippen LogP contribution in [0, 0.1) is 12.8 Å². The third-order valence-electron chi connectivity index (χ3n) is 5.44. The van der Waals surface area contributed by atoms with E-state index in [9.17, 15) is 19.5 Å². The number of benzene rings is 2. The highest BCUT2D eigenvalue weighted by Gasteiger charge is 2.43. The lowest BCUT2D eigenvalue weighted by molar-refractivity contribution is -0.130. The van der Waals surface area contributed by atoms with Crippen LogP contribution < -0.4 is 0 Å². The van der Waals surface area contributed by atoms with Crippen LogP contribution in [-0.2, 0) is 20.9 Å². The van der Waals surface area contributed by atoms with Crippen molar-refractivity contribution in [2.24, 2.45) is 5.92 Å². The Bertz CT molecular complexity index is 1080. The molecule has 0 aliphatic carbocycles. The van der Waals surface area contributed by atoms with Crippen LogP contribution in [0.5, 0.6) is 0 Å². The van der Waals surface area contributed by atoms with E-state index in [0.29, 0.717) is 5.56 Å². The summed E-state index contributed by atoms with van der Waals surface area (Å²) in [5, 5.41) is 10.7. The lowest BCUT2D eigenvalue weighted by atomic mass is 9.91. The molecule has 33 heavy (non-hydrogen) atoms. The van der Waals surface area contributed by atoms with Crippen LogP contribution in [0.3, 0.4) is 0 Å². The summed E-state index contributed by atoms with van der Waals surface area (Å²) in [5.41, 5.74) is 3.11. The molecule has 6 heteroatoms. The normalized spacial score (nSPS) is 16.2. The number of aryl methyl sites for hydroxylation is 1. The number of hydrogen-bond acceptors (Lipinski definition) is 5. The van der Waals surface area contributed by atoms with Gasteiger partial charge in [0.05, 0.1) is 23.3 Å². The van der Waals surface area contributed by atoms with Crippen molar-refractivity contribution in [3.05, 3.63) is 82.1 Å². The fraction of sp³-hybridized carbons (Fsp3) is 0.370. The molecule has 174 valence electrons. The number of nitrogens with zero attached hydrogens (tertiary/aromatic N) is 1. The molecule has 1 amide bonds. The average Bonchev–Trinajstić information content (AvgIpc) is 2.98. The monoisotopic (exact) mass is 449 g/mol. The van der Waals surface area contributed by atoms with E-state index in [0.717, 1.165) is 16.7 Å². The van der Waals surface area contributed by atoms with Crippen molar-refractivity contribution in [1.82, 2.24) is 4.90 Å². The predicted molar refractivity (Wildman–Crippen MR) is 126 cm³/mol. The lowest BCUT2D eigenvalue weighted by Crippen LogP contribution is -2.30. The van der Waals surface area contributed by atoms with Crippen LogP contribution >= 0.6 is 0 Å². The van der Waals surface area contributed by atoms with Gasteiger partial charge in [0.1, 0.15) is 0 Å². The molecule has 0 saturated carbocycles. The number of carbonyl (C=O) groups is 3. The fourth-order valence-electron chi connectivity index (χ4n) is 3.99. The van der Waals surface area contributed by atoms with E-state index in [4.69, 9.17) is 4.74 Å². The summed E-state index contributed by atoms with van der Waals surface area (Å²) in [5.74, 6) is -1.59. The number of ketones is 1. The molecular formula is C27H31NO5. The molecule has 1 heterocycles. The molecule has 0 spiro atoms. The molecule has 1 unspecified atom stereocenters. The molecule has 1 aliphatic heterocycles. The minimum Gasteiger partial charge on any atom is -0.503 e. The number of aliphatic hydroxyl groups is 1. The topological polar surface area (TPSA) is 83.9 Å². The Morgan fingerprint density at radius 3 is 2.30 bits per heavy atom. The number of carbonyl (C=O) groups excluding carboxylic acids is 3. The minimum atomic E-state index is -0.672. The maximum Gasteiger partial charge on any atom is 0.338 e. The SMILES string of the molecule is Cc1cccc(C2C(C(=O)CC(C)C)=C(O)C(=O)N2Cc2ccc(C(=O)OC(C)C)cc2)c1. The number of esters is 1. The number of hydrogen-bond donors (Lipinski definition) is 1. The Morgan fingerprint density at radius 2 is 1.73 bits per heavy atom. The average molecular weight is 450 g/mol. The van der Waals surface area contributed by atoms with Crippen molar-refractivity contribution < 1.29 is 24.2 Å². The standard InChI is InChI=1S/C27H31NO5/c1-16(2)13-22(29)23-24(21-8-6-7-18(5)14-21)28(26(31)25(23)30)15-19-9-11-20(12-10-19)27(32)33-17(3)4/h6-12,14,16-17,24,30H,13,15H2,1-5H3. The van der Waals surface area contributed by atoms with Crippen molar-refractivity contribution in [2.45, 2.75) is 59.7 Å². The summed E-state index contributed by atoms with van der Waals surface area (Å²) >= 11 is 0. The summed E-state index contributed by atoms with van der Waals surface area (Å²) in [4.78, 5) is 39.7. The van der Waals surface area contributed by atoms with Gasteiger partial charge in [-0.1, -0.05) is 55.8 Å². The summed E-state index contributed by atoms with van der Waals surface area (Å²) in [7, 11) is 0. The quantitative estimate of drug-likeness (QED) is 0.569. The zero-order chi connectivity index (χ0) is 24.3. The molecule has 1 atom stereocenters. The molecule has 2 aromatic rings. The maximum absolute atomic E-state index is 13.1. The van der Waals surface area contributed by atoms with Gasteiger partial charge in [-0.2, -0.15) is 0 Å².